The van der Waals surface area contributed by atoms with Crippen molar-refractivity contribution in [3.05, 3.63) is 47.7 Å². The van der Waals surface area contributed by atoms with E-state index >= 15 is 0 Å². The Hall–Kier alpha value is -1.24. The number of ether oxygens (including phenoxy) is 1. The quantitative estimate of drug-likeness (QED) is 0.692. The van der Waals surface area contributed by atoms with Crippen LogP contribution in [0.15, 0.2) is 42.2 Å². The highest BCUT2D eigenvalue weighted by molar-refractivity contribution is 5.24. The van der Waals surface area contributed by atoms with Gasteiger partial charge in [-0.2, -0.15) is 0 Å². The number of fused-ring (bicyclic) bond motifs is 1. The molecule has 1 aliphatic carbocycles. The second-order valence-electron chi connectivity index (χ2n) is 5.47. The van der Waals surface area contributed by atoms with Crippen LogP contribution in [0.5, 0.6) is 0 Å². The molecule has 17 heavy (non-hydrogen) atoms. The normalized spacial score (nSPS) is 32.3. The van der Waals surface area contributed by atoms with Gasteiger partial charge in [0.25, 0.3) is 0 Å². The van der Waals surface area contributed by atoms with Crippen molar-refractivity contribution in [2.45, 2.75) is 44.6 Å². The summed E-state index contributed by atoms with van der Waals surface area (Å²) in [5.41, 5.74) is 1.20. The zero-order valence-electron chi connectivity index (χ0n) is 10.5. The standard InChI is InChI=1S/C16H20O/c1-16(14-8-3-2-4-9-14)12-11-13-7-5-6-10-15(13)17-16/h2-4,8-10,13H,5-7,11-12H2,1H3. The second-order valence-corrected chi connectivity index (χ2v) is 5.47. The van der Waals surface area contributed by atoms with Crippen molar-refractivity contribution in [1.82, 2.24) is 0 Å². The molecule has 2 unspecified atom stereocenters. The first-order valence-electron chi connectivity index (χ1n) is 6.72. The Morgan fingerprint density at radius 3 is 2.82 bits per heavy atom. The molecular formula is C16H20O. The predicted octanol–water partition coefficient (Wildman–Crippen LogP) is 4.40. The zero-order valence-corrected chi connectivity index (χ0v) is 10.5. The van der Waals surface area contributed by atoms with Crippen molar-refractivity contribution in [3.8, 4) is 0 Å². The van der Waals surface area contributed by atoms with Crippen LogP contribution in [0.2, 0.25) is 0 Å². The van der Waals surface area contributed by atoms with Gasteiger partial charge >= 0.3 is 0 Å². The third kappa shape index (κ3) is 1.99. The Balaban J connectivity index is 1.88. The van der Waals surface area contributed by atoms with Crippen molar-refractivity contribution >= 4 is 0 Å². The maximum absolute atomic E-state index is 6.32. The molecule has 0 N–H and O–H groups in total. The molecule has 1 aromatic rings. The number of hydrogen-bond donors (Lipinski definition) is 0. The molecule has 0 aromatic heterocycles. The fourth-order valence-electron chi connectivity index (χ4n) is 3.08. The molecular weight excluding hydrogens is 208 g/mol. The summed E-state index contributed by atoms with van der Waals surface area (Å²) in [6.45, 7) is 2.23. The van der Waals surface area contributed by atoms with E-state index in [1.807, 2.05) is 0 Å². The van der Waals surface area contributed by atoms with Crippen molar-refractivity contribution < 1.29 is 4.74 Å². The highest BCUT2D eigenvalue weighted by Gasteiger charge is 2.37. The van der Waals surface area contributed by atoms with E-state index < -0.39 is 0 Å². The van der Waals surface area contributed by atoms with E-state index in [9.17, 15) is 0 Å². The minimum atomic E-state index is -0.110. The van der Waals surface area contributed by atoms with Crippen LogP contribution in [-0.4, -0.2) is 0 Å². The molecule has 0 radical (unpaired) electrons. The number of rotatable bonds is 1. The largest absolute Gasteiger partial charge is 0.487 e. The molecule has 0 spiro atoms. The summed E-state index contributed by atoms with van der Waals surface area (Å²) in [6, 6.07) is 10.6. The van der Waals surface area contributed by atoms with Crippen LogP contribution in [0.4, 0.5) is 0 Å². The Bertz CT molecular complexity index is 420. The molecule has 2 atom stereocenters. The first-order valence-corrected chi connectivity index (χ1v) is 6.72. The van der Waals surface area contributed by atoms with Gasteiger partial charge in [-0.25, -0.2) is 0 Å². The summed E-state index contributed by atoms with van der Waals surface area (Å²) in [4.78, 5) is 0. The zero-order chi connectivity index (χ0) is 11.7. The van der Waals surface area contributed by atoms with Crippen LogP contribution in [0.3, 0.4) is 0 Å². The summed E-state index contributed by atoms with van der Waals surface area (Å²) >= 11 is 0. The maximum Gasteiger partial charge on any atom is 0.131 e. The van der Waals surface area contributed by atoms with Crippen LogP contribution in [0.25, 0.3) is 0 Å². The SMILES string of the molecule is CC1(c2ccccc2)CCC2CCCC=C2O1. The lowest BCUT2D eigenvalue weighted by Gasteiger charge is -2.41. The minimum Gasteiger partial charge on any atom is -0.487 e. The second kappa shape index (κ2) is 4.21. The third-order valence-electron chi connectivity index (χ3n) is 4.20. The monoisotopic (exact) mass is 228 g/mol. The van der Waals surface area contributed by atoms with E-state index in [0.29, 0.717) is 5.92 Å². The molecule has 3 rings (SSSR count). The van der Waals surface area contributed by atoms with Gasteiger partial charge in [-0.3, -0.25) is 0 Å². The Morgan fingerprint density at radius 1 is 1.18 bits per heavy atom. The van der Waals surface area contributed by atoms with Crippen molar-refractivity contribution in [2.75, 3.05) is 0 Å². The van der Waals surface area contributed by atoms with Crippen molar-refractivity contribution in [3.63, 3.8) is 0 Å². The van der Waals surface area contributed by atoms with Crippen LogP contribution >= 0.6 is 0 Å². The molecule has 1 fully saturated rings. The molecule has 1 aromatic carbocycles. The number of benzene rings is 1. The lowest BCUT2D eigenvalue weighted by Crippen LogP contribution is -2.33. The summed E-state index contributed by atoms with van der Waals surface area (Å²) in [7, 11) is 0. The van der Waals surface area contributed by atoms with E-state index in [-0.39, 0.29) is 5.60 Å². The van der Waals surface area contributed by atoms with Crippen molar-refractivity contribution in [1.29, 1.82) is 0 Å². The minimum absolute atomic E-state index is 0.110. The van der Waals surface area contributed by atoms with Crippen LogP contribution in [-0.2, 0) is 10.3 Å². The van der Waals surface area contributed by atoms with Gasteiger partial charge in [0.15, 0.2) is 0 Å². The van der Waals surface area contributed by atoms with Crippen molar-refractivity contribution in [2.24, 2.45) is 5.92 Å². The highest BCUT2D eigenvalue weighted by Crippen LogP contribution is 2.44. The average molecular weight is 228 g/mol. The number of hydrogen-bond acceptors (Lipinski definition) is 1. The van der Waals surface area contributed by atoms with E-state index in [4.69, 9.17) is 4.74 Å². The fourth-order valence-corrected chi connectivity index (χ4v) is 3.08. The Kier molecular flexibility index (Phi) is 2.70. The average Bonchev–Trinajstić information content (AvgIpc) is 2.40. The Labute approximate surface area is 103 Å². The van der Waals surface area contributed by atoms with E-state index in [1.165, 1.54) is 37.0 Å². The number of allylic oxidation sites excluding steroid dienone is 2. The van der Waals surface area contributed by atoms with Gasteiger partial charge in [-0.15, -0.1) is 0 Å². The van der Waals surface area contributed by atoms with Gasteiger partial charge in [0.1, 0.15) is 5.60 Å². The molecule has 1 heteroatoms. The lowest BCUT2D eigenvalue weighted by atomic mass is 9.80. The molecule has 2 aliphatic rings. The fraction of sp³-hybridized carbons (Fsp3) is 0.500. The summed E-state index contributed by atoms with van der Waals surface area (Å²) in [5.74, 6) is 1.95. The smallest absolute Gasteiger partial charge is 0.131 e. The van der Waals surface area contributed by atoms with Gasteiger partial charge in [-0.1, -0.05) is 30.3 Å². The molecule has 1 nitrogen and oxygen atoms in total. The molecule has 1 saturated heterocycles. The van der Waals surface area contributed by atoms with Gasteiger partial charge in [-0.05, 0) is 50.7 Å². The third-order valence-corrected chi connectivity index (χ3v) is 4.20. The molecule has 90 valence electrons. The topological polar surface area (TPSA) is 9.23 Å². The first kappa shape index (κ1) is 10.9. The van der Waals surface area contributed by atoms with Crippen LogP contribution in [0.1, 0.15) is 44.6 Å². The summed E-state index contributed by atoms with van der Waals surface area (Å²) in [5, 5.41) is 0. The molecule has 0 saturated carbocycles. The molecule has 0 bridgehead atoms. The first-order chi connectivity index (χ1) is 8.28. The molecule has 1 aliphatic heterocycles. The van der Waals surface area contributed by atoms with Crippen LogP contribution < -0.4 is 0 Å². The van der Waals surface area contributed by atoms with Gasteiger partial charge in [0, 0.05) is 5.92 Å². The molecule has 0 amide bonds. The lowest BCUT2D eigenvalue weighted by molar-refractivity contribution is -0.0470. The highest BCUT2D eigenvalue weighted by atomic mass is 16.5. The predicted molar refractivity (Wildman–Crippen MR) is 69.5 cm³/mol. The van der Waals surface area contributed by atoms with E-state index in [2.05, 4.69) is 43.3 Å². The van der Waals surface area contributed by atoms with Crippen LogP contribution in [0, 0.1) is 5.92 Å². The summed E-state index contributed by atoms with van der Waals surface area (Å²) < 4.78 is 6.32. The van der Waals surface area contributed by atoms with Gasteiger partial charge in [0.05, 0.1) is 5.76 Å². The maximum atomic E-state index is 6.32. The van der Waals surface area contributed by atoms with E-state index in [1.54, 1.807) is 0 Å². The van der Waals surface area contributed by atoms with Gasteiger partial charge < -0.3 is 4.74 Å². The molecule has 1 heterocycles. The Morgan fingerprint density at radius 2 is 2.00 bits per heavy atom. The summed E-state index contributed by atoms with van der Waals surface area (Å²) in [6.07, 6.45) is 8.57. The van der Waals surface area contributed by atoms with E-state index in [0.717, 1.165) is 6.42 Å². The van der Waals surface area contributed by atoms with Gasteiger partial charge in [0.2, 0.25) is 0 Å².